The van der Waals surface area contributed by atoms with E-state index in [1.807, 2.05) is 43.3 Å². The van der Waals surface area contributed by atoms with Crippen LogP contribution in [0.2, 0.25) is 5.02 Å². The zero-order chi connectivity index (χ0) is 16.4. The van der Waals surface area contributed by atoms with Gasteiger partial charge in [0.05, 0.1) is 16.9 Å². The number of halogens is 1. The molecule has 0 spiro atoms. The number of hydrogen-bond acceptors (Lipinski definition) is 3. The van der Waals surface area contributed by atoms with E-state index in [4.69, 9.17) is 16.7 Å². The first kappa shape index (κ1) is 15.7. The van der Waals surface area contributed by atoms with E-state index in [9.17, 15) is 4.79 Å². The Balaban J connectivity index is 2.33. The van der Waals surface area contributed by atoms with Crippen molar-refractivity contribution in [2.45, 2.75) is 19.8 Å². The van der Waals surface area contributed by atoms with Crippen molar-refractivity contribution in [3.8, 4) is 5.69 Å². The molecule has 1 aromatic heterocycles. The molecular weight excluding hydrogens is 312 g/mol. The molecule has 0 radical (unpaired) electrons. The molecule has 3 aromatic rings. The maximum Gasteiger partial charge on any atom is 0.352 e. The van der Waals surface area contributed by atoms with E-state index in [1.165, 1.54) is 0 Å². The molecule has 4 nitrogen and oxygen atoms in total. The van der Waals surface area contributed by atoms with Gasteiger partial charge in [-0.2, -0.15) is 4.98 Å². The predicted molar refractivity (Wildman–Crippen MR) is 92.5 cm³/mol. The van der Waals surface area contributed by atoms with Gasteiger partial charge in [0.2, 0.25) is 0 Å². The van der Waals surface area contributed by atoms with Crippen molar-refractivity contribution >= 4 is 22.5 Å². The van der Waals surface area contributed by atoms with Crippen molar-refractivity contribution in [3.05, 3.63) is 69.2 Å². The fourth-order valence-electron chi connectivity index (χ4n) is 2.76. The van der Waals surface area contributed by atoms with E-state index in [0.29, 0.717) is 17.9 Å². The monoisotopic (exact) mass is 328 g/mol. The molecule has 0 unspecified atom stereocenters. The lowest BCUT2D eigenvalue weighted by Gasteiger charge is -2.13. The first-order valence-corrected chi connectivity index (χ1v) is 7.93. The second kappa shape index (κ2) is 6.52. The van der Waals surface area contributed by atoms with Crippen molar-refractivity contribution in [1.29, 1.82) is 0 Å². The zero-order valence-corrected chi connectivity index (χ0v) is 13.5. The SMILES string of the molecule is CCc1nc(=O)n(-c2cccc(CCO)c2)c2cc(Cl)ccc12. The van der Waals surface area contributed by atoms with Crippen LogP contribution in [0, 0.1) is 0 Å². The summed E-state index contributed by atoms with van der Waals surface area (Å²) < 4.78 is 1.57. The highest BCUT2D eigenvalue weighted by molar-refractivity contribution is 6.31. The van der Waals surface area contributed by atoms with Crippen LogP contribution in [0.25, 0.3) is 16.6 Å². The van der Waals surface area contributed by atoms with Gasteiger partial charge >= 0.3 is 5.69 Å². The molecule has 0 aliphatic heterocycles. The average Bonchev–Trinajstić information content (AvgIpc) is 2.54. The molecule has 0 atom stereocenters. The average molecular weight is 329 g/mol. The van der Waals surface area contributed by atoms with Gasteiger partial charge in [-0.15, -0.1) is 0 Å². The molecule has 0 aliphatic carbocycles. The number of rotatable bonds is 4. The maximum atomic E-state index is 12.6. The maximum absolute atomic E-state index is 12.6. The van der Waals surface area contributed by atoms with Crippen LogP contribution in [-0.4, -0.2) is 21.3 Å². The third-order valence-corrected chi connectivity index (χ3v) is 4.07. The Morgan fingerprint density at radius 2 is 2.04 bits per heavy atom. The van der Waals surface area contributed by atoms with Gasteiger partial charge in [0.15, 0.2) is 0 Å². The molecular formula is C18H17ClN2O2. The van der Waals surface area contributed by atoms with Gasteiger partial charge in [-0.3, -0.25) is 4.57 Å². The lowest BCUT2D eigenvalue weighted by Crippen LogP contribution is -2.23. The van der Waals surface area contributed by atoms with Crippen molar-refractivity contribution in [1.82, 2.24) is 9.55 Å². The third-order valence-electron chi connectivity index (χ3n) is 3.84. The number of benzene rings is 2. The number of fused-ring (bicyclic) bond motifs is 1. The van der Waals surface area contributed by atoms with Crippen LogP contribution in [-0.2, 0) is 12.8 Å². The topological polar surface area (TPSA) is 55.1 Å². The summed E-state index contributed by atoms with van der Waals surface area (Å²) >= 11 is 6.14. The van der Waals surface area contributed by atoms with E-state index >= 15 is 0 Å². The van der Waals surface area contributed by atoms with Gasteiger partial charge in [0, 0.05) is 17.0 Å². The fraction of sp³-hybridized carbons (Fsp3) is 0.222. The Hall–Kier alpha value is -2.17. The van der Waals surface area contributed by atoms with E-state index in [1.54, 1.807) is 10.6 Å². The molecule has 0 saturated heterocycles. The minimum Gasteiger partial charge on any atom is -0.396 e. The molecule has 0 saturated carbocycles. The van der Waals surface area contributed by atoms with Gasteiger partial charge in [0.1, 0.15) is 0 Å². The van der Waals surface area contributed by atoms with Crippen molar-refractivity contribution in [2.75, 3.05) is 6.61 Å². The molecule has 1 N–H and O–H groups in total. The zero-order valence-electron chi connectivity index (χ0n) is 12.8. The summed E-state index contributed by atoms with van der Waals surface area (Å²) in [5.41, 5.74) is 2.88. The lowest BCUT2D eigenvalue weighted by atomic mass is 10.1. The summed E-state index contributed by atoms with van der Waals surface area (Å²) in [5.74, 6) is 0. The molecule has 118 valence electrons. The Morgan fingerprint density at radius 1 is 1.22 bits per heavy atom. The lowest BCUT2D eigenvalue weighted by molar-refractivity contribution is 0.299. The number of hydrogen-bond donors (Lipinski definition) is 1. The second-order valence-electron chi connectivity index (χ2n) is 5.34. The molecule has 23 heavy (non-hydrogen) atoms. The highest BCUT2D eigenvalue weighted by Gasteiger charge is 2.12. The van der Waals surface area contributed by atoms with Gasteiger partial charge in [0.25, 0.3) is 0 Å². The van der Waals surface area contributed by atoms with Gasteiger partial charge in [-0.1, -0.05) is 30.7 Å². The summed E-state index contributed by atoms with van der Waals surface area (Å²) in [5, 5.41) is 10.6. The highest BCUT2D eigenvalue weighted by atomic mass is 35.5. The summed E-state index contributed by atoms with van der Waals surface area (Å²) in [4.78, 5) is 16.8. The Labute approximate surface area is 139 Å². The van der Waals surface area contributed by atoms with Crippen LogP contribution in [0.15, 0.2) is 47.3 Å². The van der Waals surface area contributed by atoms with Crippen LogP contribution in [0.4, 0.5) is 0 Å². The highest BCUT2D eigenvalue weighted by Crippen LogP contribution is 2.23. The standard InChI is InChI=1S/C18H17ClN2O2/c1-2-16-15-7-6-13(19)11-17(15)21(18(23)20-16)14-5-3-4-12(10-14)8-9-22/h3-7,10-11,22H,2,8-9H2,1H3. The number of aliphatic hydroxyl groups excluding tert-OH is 1. The predicted octanol–water partition coefficient (Wildman–Crippen LogP) is 3.14. The van der Waals surface area contributed by atoms with Gasteiger partial charge in [-0.05, 0) is 48.7 Å². The summed E-state index contributed by atoms with van der Waals surface area (Å²) in [6, 6.07) is 13.0. The first-order valence-electron chi connectivity index (χ1n) is 7.55. The van der Waals surface area contributed by atoms with Gasteiger partial charge < -0.3 is 5.11 Å². The van der Waals surface area contributed by atoms with Crippen LogP contribution >= 0.6 is 11.6 Å². The largest absolute Gasteiger partial charge is 0.396 e. The Morgan fingerprint density at radius 3 is 2.78 bits per heavy atom. The molecule has 2 aromatic carbocycles. The van der Waals surface area contributed by atoms with E-state index in [2.05, 4.69) is 4.98 Å². The molecule has 0 fully saturated rings. The minimum absolute atomic E-state index is 0.0674. The Kier molecular flexibility index (Phi) is 4.46. The molecule has 1 heterocycles. The van der Waals surface area contributed by atoms with Crippen molar-refractivity contribution in [3.63, 3.8) is 0 Å². The first-order chi connectivity index (χ1) is 11.1. The summed E-state index contributed by atoms with van der Waals surface area (Å²) in [6.45, 7) is 2.04. The normalized spacial score (nSPS) is 11.1. The van der Waals surface area contributed by atoms with Gasteiger partial charge in [-0.25, -0.2) is 4.79 Å². The molecule has 0 bridgehead atoms. The quantitative estimate of drug-likeness (QED) is 0.800. The van der Waals surface area contributed by atoms with Crippen LogP contribution in [0.5, 0.6) is 0 Å². The molecule has 0 amide bonds. The summed E-state index contributed by atoms with van der Waals surface area (Å²) in [6.07, 6.45) is 1.22. The fourth-order valence-corrected chi connectivity index (χ4v) is 2.93. The van der Waals surface area contributed by atoms with Crippen LogP contribution in [0.3, 0.4) is 0 Å². The van der Waals surface area contributed by atoms with Crippen LogP contribution < -0.4 is 5.69 Å². The number of aliphatic hydroxyl groups is 1. The van der Waals surface area contributed by atoms with E-state index < -0.39 is 0 Å². The van der Waals surface area contributed by atoms with Crippen molar-refractivity contribution in [2.24, 2.45) is 0 Å². The van der Waals surface area contributed by atoms with E-state index in [-0.39, 0.29) is 12.3 Å². The minimum atomic E-state index is -0.322. The summed E-state index contributed by atoms with van der Waals surface area (Å²) in [7, 11) is 0. The molecule has 3 rings (SSSR count). The van der Waals surface area contributed by atoms with E-state index in [0.717, 1.165) is 27.8 Å². The number of aromatic nitrogens is 2. The third kappa shape index (κ3) is 3.00. The molecule has 5 heteroatoms. The second-order valence-corrected chi connectivity index (χ2v) is 5.77. The number of aryl methyl sites for hydroxylation is 1. The Bertz CT molecular complexity index is 919. The van der Waals surface area contributed by atoms with Crippen LogP contribution in [0.1, 0.15) is 18.2 Å². The smallest absolute Gasteiger partial charge is 0.352 e. The molecule has 0 aliphatic rings. The van der Waals surface area contributed by atoms with Crippen molar-refractivity contribution < 1.29 is 5.11 Å². The number of nitrogens with zero attached hydrogens (tertiary/aromatic N) is 2.